The van der Waals surface area contributed by atoms with Crippen LogP contribution in [-0.4, -0.2) is 43.8 Å². The molecular formula is C28H35Cl2F2N5O3S. The molecule has 0 spiro atoms. The van der Waals surface area contributed by atoms with Crippen molar-refractivity contribution in [3.63, 3.8) is 0 Å². The quantitative estimate of drug-likeness (QED) is 0.437. The highest BCUT2D eigenvalue weighted by Crippen LogP contribution is 2.52. The Morgan fingerprint density at radius 1 is 1.17 bits per heavy atom. The Balaban J connectivity index is 0.000000389. The Morgan fingerprint density at radius 3 is 2.29 bits per heavy atom. The van der Waals surface area contributed by atoms with Gasteiger partial charge in [-0.05, 0) is 48.4 Å². The monoisotopic (exact) mass is 629 g/mol. The highest BCUT2D eigenvalue weighted by molar-refractivity contribution is 7.86. The van der Waals surface area contributed by atoms with E-state index in [-0.39, 0.29) is 26.6 Å². The molecule has 1 amide bonds. The summed E-state index contributed by atoms with van der Waals surface area (Å²) >= 11 is 12.0. The van der Waals surface area contributed by atoms with E-state index >= 15 is 8.78 Å². The van der Waals surface area contributed by atoms with Crippen molar-refractivity contribution in [2.75, 3.05) is 13.1 Å². The van der Waals surface area contributed by atoms with E-state index in [0.717, 1.165) is 25.3 Å². The topological polar surface area (TPSA) is 142 Å². The summed E-state index contributed by atoms with van der Waals surface area (Å²) in [5.41, 5.74) is 3.78. The number of hydrogen-bond acceptors (Lipinski definition) is 5. The van der Waals surface area contributed by atoms with E-state index in [2.05, 4.69) is 11.4 Å². The second kappa shape index (κ2) is 12.9. The van der Waals surface area contributed by atoms with Crippen molar-refractivity contribution in [3.8, 4) is 6.07 Å². The van der Waals surface area contributed by atoms with E-state index in [1.165, 1.54) is 34.6 Å². The first-order valence-electron chi connectivity index (χ1n) is 13.2. The SMILES string of the molecule is CC(C)(C)CC1N[C@@H](C(N)=O)C(c2cccc(Cl)c2F)[C@@]1(C#N)c1ccc(Cl)cc1F.NS(=O)(=O)N1CCCCC1. The van der Waals surface area contributed by atoms with Crippen LogP contribution in [0.5, 0.6) is 0 Å². The first-order chi connectivity index (χ1) is 19.0. The van der Waals surface area contributed by atoms with E-state index in [9.17, 15) is 18.5 Å². The number of nitrogens with zero attached hydrogens (tertiary/aromatic N) is 2. The molecule has 5 N–H and O–H groups in total. The van der Waals surface area contributed by atoms with Gasteiger partial charge in [0, 0.05) is 35.6 Å². The molecular weight excluding hydrogens is 595 g/mol. The Labute approximate surface area is 250 Å². The normalized spacial score (nSPS) is 25.2. The number of nitrogens with two attached hydrogens (primary N) is 2. The van der Waals surface area contributed by atoms with Gasteiger partial charge >= 0.3 is 0 Å². The lowest BCUT2D eigenvalue weighted by Crippen LogP contribution is -2.45. The third kappa shape index (κ3) is 7.37. The van der Waals surface area contributed by atoms with Crippen LogP contribution in [0.3, 0.4) is 0 Å². The predicted octanol–water partition coefficient (Wildman–Crippen LogP) is 4.75. The fraction of sp³-hybridized carbons (Fsp3) is 0.500. The largest absolute Gasteiger partial charge is 0.368 e. The maximum absolute atomic E-state index is 15.2. The standard InChI is InChI=1S/C23H23Cl2F2N3O.C5H12N2O2S/c1-22(2,3)10-17-23(11-28,14-8-7-12(24)9-16(14)26)18(20(30-17)21(29)31)13-5-4-6-15(25)19(13)27;6-10(8,9)7-4-2-1-3-5-7/h4-9,17-18,20,30H,10H2,1-3H3,(H2,29,31);1-5H2,(H2,6,8,9)/t17?,18?,20-,23+;/m1./s1. The number of halogens is 4. The number of primary amides is 1. The summed E-state index contributed by atoms with van der Waals surface area (Å²) in [5.74, 6) is -3.37. The fourth-order valence-electron chi connectivity index (χ4n) is 5.70. The van der Waals surface area contributed by atoms with E-state index in [0.29, 0.717) is 19.5 Å². The Kier molecular flexibility index (Phi) is 10.4. The molecule has 0 aromatic heterocycles. The van der Waals surface area contributed by atoms with Crippen molar-refractivity contribution in [1.29, 1.82) is 5.26 Å². The molecule has 224 valence electrons. The number of carbonyl (C=O) groups is 1. The molecule has 2 aromatic carbocycles. The average Bonchev–Trinajstić information content (AvgIpc) is 3.19. The van der Waals surface area contributed by atoms with Crippen LogP contribution in [0.4, 0.5) is 8.78 Å². The minimum Gasteiger partial charge on any atom is -0.368 e. The molecule has 0 aliphatic carbocycles. The molecule has 4 rings (SSSR count). The zero-order valence-corrected chi connectivity index (χ0v) is 25.5. The minimum atomic E-state index is -3.39. The molecule has 2 aliphatic rings. The second-order valence-corrected chi connectivity index (χ2v) is 14.0. The number of hydrogen-bond donors (Lipinski definition) is 3. The van der Waals surface area contributed by atoms with Gasteiger partial charge in [-0.3, -0.25) is 4.79 Å². The van der Waals surface area contributed by atoms with Gasteiger partial charge in [0.2, 0.25) is 5.91 Å². The van der Waals surface area contributed by atoms with Crippen molar-refractivity contribution in [1.82, 2.24) is 9.62 Å². The van der Waals surface area contributed by atoms with Crippen LogP contribution >= 0.6 is 23.2 Å². The maximum Gasteiger partial charge on any atom is 0.276 e. The molecule has 41 heavy (non-hydrogen) atoms. The van der Waals surface area contributed by atoms with Crippen molar-refractivity contribution >= 4 is 39.3 Å². The van der Waals surface area contributed by atoms with Gasteiger partial charge < -0.3 is 11.1 Å². The second-order valence-electron chi connectivity index (χ2n) is 11.6. The van der Waals surface area contributed by atoms with Gasteiger partial charge in [-0.2, -0.15) is 18.0 Å². The van der Waals surface area contributed by atoms with Gasteiger partial charge in [0.25, 0.3) is 10.2 Å². The van der Waals surface area contributed by atoms with E-state index < -0.39 is 51.2 Å². The Bertz CT molecular complexity index is 1420. The van der Waals surface area contributed by atoms with Gasteiger partial charge in [-0.1, -0.05) is 68.6 Å². The minimum absolute atomic E-state index is 0.0225. The zero-order chi connectivity index (χ0) is 30.8. The van der Waals surface area contributed by atoms with Gasteiger partial charge in [-0.15, -0.1) is 0 Å². The van der Waals surface area contributed by atoms with E-state index in [1.54, 1.807) is 0 Å². The van der Waals surface area contributed by atoms with Crippen molar-refractivity contribution in [3.05, 3.63) is 69.2 Å². The van der Waals surface area contributed by atoms with Gasteiger partial charge in [0.1, 0.15) is 17.0 Å². The lowest BCUT2D eigenvalue weighted by molar-refractivity contribution is -0.120. The van der Waals surface area contributed by atoms with E-state index in [4.69, 9.17) is 34.1 Å². The summed E-state index contributed by atoms with van der Waals surface area (Å²) in [6.45, 7) is 7.07. The molecule has 2 unspecified atom stereocenters. The zero-order valence-electron chi connectivity index (χ0n) is 23.1. The van der Waals surface area contributed by atoms with Crippen LogP contribution in [0.25, 0.3) is 0 Å². The van der Waals surface area contributed by atoms with Crippen LogP contribution in [0.2, 0.25) is 10.0 Å². The summed E-state index contributed by atoms with van der Waals surface area (Å²) < 4.78 is 53.1. The Morgan fingerprint density at radius 2 is 1.80 bits per heavy atom. The van der Waals surface area contributed by atoms with Crippen molar-refractivity contribution < 1.29 is 22.0 Å². The number of piperidine rings is 1. The van der Waals surface area contributed by atoms with Crippen LogP contribution in [-0.2, 0) is 20.4 Å². The summed E-state index contributed by atoms with van der Waals surface area (Å²) in [7, 11) is -3.39. The number of nitrogens with one attached hydrogen (secondary N) is 1. The first kappa shape index (κ1) is 33.2. The summed E-state index contributed by atoms with van der Waals surface area (Å²) in [6.07, 6.45) is 3.39. The van der Waals surface area contributed by atoms with Crippen LogP contribution in [0.15, 0.2) is 36.4 Å². The molecule has 0 saturated carbocycles. The average molecular weight is 631 g/mol. The Hall–Kier alpha value is -2.33. The number of rotatable bonds is 5. The van der Waals surface area contributed by atoms with Gasteiger partial charge in [0.15, 0.2) is 0 Å². The predicted molar refractivity (Wildman–Crippen MR) is 155 cm³/mol. The highest BCUT2D eigenvalue weighted by atomic mass is 35.5. The summed E-state index contributed by atoms with van der Waals surface area (Å²) in [6, 6.07) is 8.75. The van der Waals surface area contributed by atoms with Crippen LogP contribution in [0, 0.1) is 28.4 Å². The molecule has 4 atom stereocenters. The molecule has 2 fully saturated rings. The number of carbonyl (C=O) groups excluding carboxylic acids is 1. The van der Waals surface area contributed by atoms with Gasteiger partial charge in [0.05, 0.1) is 17.1 Å². The number of nitriles is 1. The lowest BCUT2D eigenvalue weighted by Gasteiger charge is -2.37. The third-order valence-corrected chi connectivity index (χ3v) is 9.04. The van der Waals surface area contributed by atoms with E-state index in [1.807, 2.05) is 20.8 Å². The first-order valence-corrected chi connectivity index (χ1v) is 15.4. The van der Waals surface area contributed by atoms with Crippen molar-refractivity contribution in [2.24, 2.45) is 16.3 Å². The highest BCUT2D eigenvalue weighted by Gasteiger charge is 2.60. The smallest absolute Gasteiger partial charge is 0.276 e. The summed E-state index contributed by atoms with van der Waals surface area (Å²) in [4.78, 5) is 12.4. The molecule has 2 heterocycles. The lowest BCUT2D eigenvalue weighted by atomic mass is 9.62. The van der Waals surface area contributed by atoms with Crippen LogP contribution < -0.4 is 16.2 Å². The van der Waals surface area contributed by atoms with Gasteiger partial charge in [-0.25, -0.2) is 13.9 Å². The third-order valence-electron chi connectivity index (χ3n) is 7.43. The molecule has 2 aliphatic heterocycles. The molecule has 0 radical (unpaired) electrons. The van der Waals surface area contributed by atoms with Crippen molar-refractivity contribution in [2.45, 2.75) is 69.9 Å². The molecule has 13 heteroatoms. The number of benzene rings is 2. The molecule has 8 nitrogen and oxygen atoms in total. The maximum atomic E-state index is 15.2. The molecule has 2 saturated heterocycles. The summed E-state index contributed by atoms with van der Waals surface area (Å²) in [5, 5.41) is 18.5. The molecule has 2 aromatic rings. The number of amides is 1. The molecule has 0 bridgehead atoms. The fourth-order valence-corrected chi connectivity index (χ4v) is 6.80. The van der Waals surface area contributed by atoms with Crippen LogP contribution in [0.1, 0.15) is 63.5 Å².